The minimum Gasteiger partial charge on any atom is -0.507 e. The van der Waals surface area contributed by atoms with Crippen molar-refractivity contribution >= 4 is 12.2 Å². The molecule has 0 aromatic heterocycles. The van der Waals surface area contributed by atoms with Crippen LogP contribution in [0.5, 0.6) is 23.0 Å². The number of aliphatic hydroxyl groups is 1. The van der Waals surface area contributed by atoms with Gasteiger partial charge in [0.1, 0.15) is 35.2 Å². The van der Waals surface area contributed by atoms with Crippen LogP contribution in [0.15, 0.2) is 35.9 Å². The minimum atomic E-state index is -1.31. The van der Waals surface area contributed by atoms with E-state index in [1.165, 1.54) is 0 Å². The second-order valence-corrected chi connectivity index (χ2v) is 8.77. The summed E-state index contributed by atoms with van der Waals surface area (Å²) >= 11 is 0. The quantitative estimate of drug-likeness (QED) is 0.735. The molecule has 5 rings (SSSR count). The molecule has 29 heavy (non-hydrogen) atoms. The van der Waals surface area contributed by atoms with Crippen LogP contribution in [0.1, 0.15) is 56.1 Å². The molecule has 2 aromatic carbocycles. The Morgan fingerprint density at radius 3 is 2.72 bits per heavy atom. The van der Waals surface area contributed by atoms with Crippen molar-refractivity contribution in [1.82, 2.24) is 0 Å². The zero-order valence-corrected chi connectivity index (χ0v) is 16.9. The van der Waals surface area contributed by atoms with Gasteiger partial charge < -0.3 is 24.4 Å². The van der Waals surface area contributed by atoms with Crippen LogP contribution in [0.2, 0.25) is 0 Å². The summed E-state index contributed by atoms with van der Waals surface area (Å²) in [5, 5.41) is 21.9. The number of aromatic hydroxyl groups is 1. The lowest BCUT2D eigenvalue weighted by molar-refractivity contribution is -0.0864. The summed E-state index contributed by atoms with van der Waals surface area (Å²) in [5.74, 6) is 2.02. The van der Waals surface area contributed by atoms with Crippen molar-refractivity contribution in [3.63, 3.8) is 0 Å². The number of hydrogen-bond donors (Lipinski definition) is 2. The number of benzene rings is 2. The molecule has 2 aromatic rings. The lowest BCUT2D eigenvalue weighted by atomic mass is 9.83. The van der Waals surface area contributed by atoms with E-state index in [1.54, 1.807) is 6.07 Å². The van der Waals surface area contributed by atoms with Gasteiger partial charge in [-0.1, -0.05) is 11.6 Å². The second kappa shape index (κ2) is 5.80. The maximum absolute atomic E-state index is 11.6. The van der Waals surface area contributed by atoms with E-state index in [9.17, 15) is 10.2 Å². The van der Waals surface area contributed by atoms with Crippen LogP contribution in [0.4, 0.5) is 0 Å². The Kier molecular flexibility index (Phi) is 3.63. The number of rotatable bonds is 1. The van der Waals surface area contributed by atoms with Gasteiger partial charge in [-0.2, -0.15) is 0 Å². The van der Waals surface area contributed by atoms with Gasteiger partial charge in [0.25, 0.3) is 0 Å². The lowest BCUT2D eigenvalue weighted by Crippen LogP contribution is -2.41. The molecule has 0 bridgehead atoms. The largest absolute Gasteiger partial charge is 0.507 e. The summed E-state index contributed by atoms with van der Waals surface area (Å²) in [7, 11) is 0. The van der Waals surface area contributed by atoms with E-state index in [0.29, 0.717) is 22.6 Å². The Hall–Kier alpha value is -2.92. The van der Waals surface area contributed by atoms with Gasteiger partial charge in [-0.25, -0.2) is 0 Å². The molecule has 0 amide bonds. The first kappa shape index (κ1) is 18.1. The number of ether oxygens (including phenoxy) is 3. The molecule has 0 saturated heterocycles. The molecular weight excluding hydrogens is 368 g/mol. The van der Waals surface area contributed by atoms with Crippen LogP contribution in [-0.4, -0.2) is 22.4 Å². The Bertz CT molecular complexity index is 1090. The predicted octanol–water partition coefficient (Wildman–Crippen LogP) is 4.71. The monoisotopic (exact) mass is 392 g/mol. The molecule has 0 unspecified atom stereocenters. The maximum Gasteiger partial charge on any atom is 0.168 e. The Labute approximate surface area is 169 Å². The van der Waals surface area contributed by atoms with Gasteiger partial charge in [-0.3, -0.25) is 0 Å². The first-order chi connectivity index (χ1) is 13.7. The van der Waals surface area contributed by atoms with Crippen molar-refractivity contribution in [2.45, 2.75) is 45.0 Å². The molecule has 3 aliphatic heterocycles. The highest BCUT2D eigenvalue weighted by atomic mass is 16.5. The van der Waals surface area contributed by atoms with Crippen LogP contribution in [0.3, 0.4) is 0 Å². The van der Waals surface area contributed by atoms with Crippen molar-refractivity contribution in [3.8, 4) is 23.0 Å². The topological polar surface area (TPSA) is 68.2 Å². The fraction of sp³-hybridized carbons (Fsp3) is 0.333. The minimum absolute atomic E-state index is 0.0496. The highest BCUT2D eigenvalue weighted by Crippen LogP contribution is 2.57. The Morgan fingerprint density at radius 2 is 1.97 bits per heavy atom. The van der Waals surface area contributed by atoms with Gasteiger partial charge >= 0.3 is 0 Å². The zero-order valence-electron chi connectivity index (χ0n) is 16.9. The van der Waals surface area contributed by atoms with Gasteiger partial charge in [0.2, 0.25) is 0 Å². The number of allylic oxidation sites excluding steroid dienone is 1. The van der Waals surface area contributed by atoms with Crippen molar-refractivity contribution in [2.75, 3.05) is 6.61 Å². The summed E-state index contributed by atoms with van der Waals surface area (Å²) in [4.78, 5) is 0. The predicted molar refractivity (Wildman–Crippen MR) is 110 cm³/mol. The number of phenolic OH excluding ortho intramolecular Hbond substituents is 1. The van der Waals surface area contributed by atoms with Crippen molar-refractivity contribution in [2.24, 2.45) is 0 Å². The van der Waals surface area contributed by atoms with Gasteiger partial charge in [0.05, 0.1) is 5.56 Å². The number of phenols is 1. The fourth-order valence-electron chi connectivity index (χ4n) is 4.28. The molecule has 3 heterocycles. The van der Waals surface area contributed by atoms with E-state index in [-0.39, 0.29) is 12.4 Å². The van der Waals surface area contributed by atoms with Crippen LogP contribution in [0.25, 0.3) is 12.2 Å². The lowest BCUT2D eigenvalue weighted by Gasteiger charge is -2.35. The molecule has 2 atom stereocenters. The molecule has 0 radical (unpaired) electrons. The zero-order chi connectivity index (χ0) is 20.6. The van der Waals surface area contributed by atoms with Crippen LogP contribution >= 0.6 is 0 Å². The van der Waals surface area contributed by atoms with E-state index in [4.69, 9.17) is 14.2 Å². The van der Waals surface area contributed by atoms with Crippen LogP contribution < -0.4 is 14.2 Å². The fourth-order valence-corrected chi connectivity index (χ4v) is 4.28. The molecule has 5 heteroatoms. The average molecular weight is 392 g/mol. The summed E-state index contributed by atoms with van der Waals surface area (Å²) in [6, 6.07) is 7.16. The molecule has 2 N–H and O–H groups in total. The molecule has 0 saturated carbocycles. The molecule has 0 fully saturated rings. The number of hydrogen-bond acceptors (Lipinski definition) is 5. The molecule has 3 aliphatic rings. The molecule has 150 valence electrons. The molecule has 5 nitrogen and oxygen atoms in total. The normalized spacial score (nSPS) is 24.8. The smallest absolute Gasteiger partial charge is 0.168 e. The van der Waals surface area contributed by atoms with Gasteiger partial charge in [0.15, 0.2) is 11.7 Å². The molecule has 0 aliphatic carbocycles. The highest BCUT2D eigenvalue weighted by Gasteiger charge is 2.54. The third-order valence-corrected chi connectivity index (χ3v) is 5.65. The first-order valence-electron chi connectivity index (χ1n) is 9.77. The first-order valence-corrected chi connectivity index (χ1v) is 9.77. The van der Waals surface area contributed by atoms with E-state index in [1.807, 2.05) is 64.1 Å². The van der Waals surface area contributed by atoms with Gasteiger partial charge in [-0.15, -0.1) is 0 Å². The summed E-state index contributed by atoms with van der Waals surface area (Å²) in [6.07, 6.45) is 5.25. The van der Waals surface area contributed by atoms with Gasteiger partial charge in [0, 0.05) is 22.8 Å². The molecule has 0 spiro atoms. The van der Waals surface area contributed by atoms with E-state index in [2.05, 4.69) is 0 Å². The van der Waals surface area contributed by atoms with E-state index in [0.717, 1.165) is 22.4 Å². The summed E-state index contributed by atoms with van der Waals surface area (Å²) < 4.78 is 18.3. The van der Waals surface area contributed by atoms with Gasteiger partial charge in [-0.05, 0) is 58.0 Å². The van der Waals surface area contributed by atoms with Crippen molar-refractivity contribution in [3.05, 3.63) is 58.2 Å². The summed E-state index contributed by atoms with van der Waals surface area (Å²) in [6.45, 7) is 7.97. The Balaban J connectivity index is 1.64. The van der Waals surface area contributed by atoms with Crippen LogP contribution in [-0.2, 0) is 5.60 Å². The van der Waals surface area contributed by atoms with Crippen molar-refractivity contribution in [1.29, 1.82) is 0 Å². The van der Waals surface area contributed by atoms with E-state index >= 15 is 0 Å². The summed E-state index contributed by atoms with van der Waals surface area (Å²) in [5.41, 5.74) is 2.26. The third kappa shape index (κ3) is 2.64. The third-order valence-electron chi connectivity index (χ3n) is 5.65. The number of fused-ring (bicyclic) bond motifs is 7. The van der Waals surface area contributed by atoms with Crippen LogP contribution in [0, 0.1) is 0 Å². The molecular formula is C24H24O5. The van der Waals surface area contributed by atoms with E-state index < -0.39 is 17.3 Å². The Morgan fingerprint density at radius 1 is 1.17 bits per heavy atom. The standard InChI is InChI=1S/C24H24O5/c1-13(2)9-14-10-16-20(11-18(14)25)27-12-24(26)17-5-6-19-15(21(17)28-22(16)24)7-8-23(3,4)29-19/h5-11,22,25-26H,12H2,1-4H3/t22-,24+/m0/s1. The second-order valence-electron chi connectivity index (χ2n) is 8.77. The maximum atomic E-state index is 11.6. The average Bonchev–Trinajstić information content (AvgIpc) is 2.94. The highest BCUT2D eigenvalue weighted by molar-refractivity contribution is 5.72. The van der Waals surface area contributed by atoms with Crippen molar-refractivity contribution < 1.29 is 24.4 Å². The SMILES string of the molecule is CC(C)=Cc1cc2c(cc1O)OC[C@@]1(O)c3ccc4c(c3O[C@@H]21)C=CC(C)(C)O4.